The normalized spacial score (nSPS) is 22.6. The standard InChI is InChI=1S/C26H27ClN2O3/c1-15-23(26(31)32-4)24(16-9-11-18(12-10-16)29(2)3)25-21(28-15)13-17(14-22(25)30)19-7-5-6-8-20(19)27/h5-13,17,24-25,28H,14H2,1-4H3. The second kappa shape index (κ2) is 8.83. The highest BCUT2D eigenvalue weighted by atomic mass is 35.5. The second-order valence-electron chi connectivity index (χ2n) is 8.52. The summed E-state index contributed by atoms with van der Waals surface area (Å²) in [6.45, 7) is 1.86. The average Bonchev–Trinajstić information content (AvgIpc) is 2.78. The number of carbonyl (C=O) groups is 2. The number of fused-ring (bicyclic) bond motifs is 1. The zero-order valence-electron chi connectivity index (χ0n) is 18.7. The van der Waals surface area contributed by atoms with Crippen molar-refractivity contribution < 1.29 is 14.3 Å². The molecule has 1 N–H and O–H groups in total. The lowest BCUT2D eigenvalue weighted by Crippen LogP contribution is -2.41. The fourth-order valence-corrected chi connectivity index (χ4v) is 5.05. The minimum atomic E-state index is -0.475. The summed E-state index contributed by atoms with van der Waals surface area (Å²) in [4.78, 5) is 28.3. The van der Waals surface area contributed by atoms with Crippen LogP contribution in [0.25, 0.3) is 0 Å². The summed E-state index contributed by atoms with van der Waals surface area (Å²) >= 11 is 6.42. The van der Waals surface area contributed by atoms with E-state index in [1.54, 1.807) is 0 Å². The molecular formula is C26H27ClN2O3. The van der Waals surface area contributed by atoms with Gasteiger partial charge in [0.05, 0.1) is 18.6 Å². The zero-order chi connectivity index (χ0) is 23.0. The molecule has 0 aromatic heterocycles. The maximum absolute atomic E-state index is 13.5. The van der Waals surface area contributed by atoms with Crippen LogP contribution in [0.3, 0.4) is 0 Å². The molecule has 0 saturated carbocycles. The Kier molecular flexibility index (Phi) is 6.11. The summed E-state index contributed by atoms with van der Waals surface area (Å²) in [5.74, 6) is -1.34. The molecule has 0 fully saturated rings. The first kappa shape index (κ1) is 22.2. The summed E-state index contributed by atoms with van der Waals surface area (Å²) in [6.07, 6.45) is 2.42. The van der Waals surface area contributed by atoms with E-state index in [-0.39, 0.29) is 11.7 Å². The van der Waals surface area contributed by atoms with Gasteiger partial charge < -0.3 is 15.0 Å². The molecule has 2 aromatic carbocycles. The number of rotatable bonds is 4. The fraction of sp³-hybridized carbons (Fsp3) is 0.308. The van der Waals surface area contributed by atoms with Crippen LogP contribution >= 0.6 is 11.6 Å². The number of hydrogen-bond donors (Lipinski definition) is 1. The number of ether oxygens (including phenoxy) is 1. The lowest BCUT2D eigenvalue weighted by Gasteiger charge is -2.39. The van der Waals surface area contributed by atoms with Gasteiger partial charge in [0.2, 0.25) is 0 Å². The maximum atomic E-state index is 13.5. The van der Waals surface area contributed by atoms with Crippen molar-refractivity contribution >= 4 is 29.0 Å². The molecule has 0 amide bonds. The topological polar surface area (TPSA) is 58.6 Å². The van der Waals surface area contributed by atoms with E-state index >= 15 is 0 Å². The van der Waals surface area contributed by atoms with Gasteiger partial charge in [-0.3, -0.25) is 4.79 Å². The molecule has 0 bridgehead atoms. The molecule has 1 heterocycles. The molecule has 5 nitrogen and oxygen atoms in total. The summed E-state index contributed by atoms with van der Waals surface area (Å²) < 4.78 is 5.10. The Balaban J connectivity index is 1.83. The molecule has 166 valence electrons. The molecular weight excluding hydrogens is 424 g/mol. The van der Waals surface area contributed by atoms with Gasteiger partial charge in [-0.05, 0) is 36.2 Å². The lowest BCUT2D eigenvalue weighted by atomic mass is 9.68. The van der Waals surface area contributed by atoms with Gasteiger partial charge in [-0.15, -0.1) is 0 Å². The number of nitrogens with one attached hydrogen (secondary N) is 1. The smallest absolute Gasteiger partial charge is 0.336 e. The molecule has 4 rings (SSSR count). The highest BCUT2D eigenvalue weighted by Gasteiger charge is 2.45. The van der Waals surface area contributed by atoms with Gasteiger partial charge in [-0.2, -0.15) is 0 Å². The fourth-order valence-electron chi connectivity index (χ4n) is 4.77. The Hall–Kier alpha value is -3.05. The highest BCUT2D eigenvalue weighted by molar-refractivity contribution is 6.31. The molecule has 1 aliphatic carbocycles. The molecule has 1 aliphatic heterocycles. The van der Waals surface area contributed by atoms with E-state index in [0.29, 0.717) is 22.7 Å². The van der Waals surface area contributed by atoms with Crippen LogP contribution in [0.5, 0.6) is 0 Å². The van der Waals surface area contributed by atoms with Gasteiger partial charge in [0, 0.05) is 54.5 Å². The van der Waals surface area contributed by atoms with Crippen molar-refractivity contribution in [3.63, 3.8) is 0 Å². The zero-order valence-corrected chi connectivity index (χ0v) is 19.4. The van der Waals surface area contributed by atoms with Crippen molar-refractivity contribution in [2.75, 3.05) is 26.1 Å². The number of ketones is 1. The van der Waals surface area contributed by atoms with Crippen LogP contribution in [-0.2, 0) is 14.3 Å². The number of methoxy groups -OCH3 is 1. The molecule has 2 aromatic rings. The van der Waals surface area contributed by atoms with Crippen LogP contribution in [-0.4, -0.2) is 33.0 Å². The Bertz CT molecular complexity index is 1120. The van der Waals surface area contributed by atoms with Gasteiger partial charge in [0.15, 0.2) is 0 Å². The molecule has 3 atom stereocenters. The lowest BCUT2D eigenvalue weighted by molar-refractivity contribution is -0.136. The number of halogens is 1. The van der Waals surface area contributed by atoms with E-state index in [9.17, 15) is 9.59 Å². The number of benzene rings is 2. The quantitative estimate of drug-likeness (QED) is 0.678. The van der Waals surface area contributed by atoms with Gasteiger partial charge in [-0.1, -0.05) is 48.0 Å². The largest absolute Gasteiger partial charge is 0.466 e. The van der Waals surface area contributed by atoms with Crippen LogP contribution in [0.15, 0.2) is 71.6 Å². The van der Waals surface area contributed by atoms with Crippen LogP contribution in [0, 0.1) is 5.92 Å². The third-order valence-corrected chi connectivity index (χ3v) is 6.69. The Morgan fingerprint density at radius 1 is 1.09 bits per heavy atom. The first-order valence-corrected chi connectivity index (χ1v) is 11.0. The van der Waals surface area contributed by atoms with E-state index in [1.165, 1.54) is 7.11 Å². The monoisotopic (exact) mass is 450 g/mol. The third-order valence-electron chi connectivity index (χ3n) is 6.34. The van der Waals surface area contributed by atoms with E-state index in [4.69, 9.17) is 16.3 Å². The number of allylic oxidation sites excluding steroid dienone is 3. The number of carbonyl (C=O) groups excluding carboxylic acids is 2. The number of anilines is 1. The number of hydrogen-bond acceptors (Lipinski definition) is 5. The molecule has 0 radical (unpaired) electrons. The minimum Gasteiger partial charge on any atom is -0.466 e. The van der Waals surface area contributed by atoms with Crippen molar-refractivity contribution in [2.24, 2.45) is 5.92 Å². The summed E-state index contributed by atoms with van der Waals surface area (Å²) in [7, 11) is 5.32. The third kappa shape index (κ3) is 3.93. The van der Waals surface area contributed by atoms with Crippen molar-refractivity contribution in [3.8, 4) is 0 Å². The van der Waals surface area contributed by atoms with Crippen LogP contribution in [0.4, 0.5) is 5.69 Å². The van der Waals surface area contributed by atoms with E-state index < -0.39 is 17.8 Å². The van der Waals surface area contributed by atoms with Gasteiger partial charge in [0.1, 0.15) is 5.78 Å². The van der Waals surface area contributed by atoms with E-state index in [2.05, 4.69) is 11.4 Å². The summed E-state index contributed by atoms with van der Waals surface area (Å²) in [6, 6.07) is 15.6. The van der Waals surface area contributed by atoms with Crippen LogP contribution in [0.1, 0.15) is 36.3 Å². The predicted molar refractivity (Wildman–Crippen MR) is 127 cm³/mol. The molecule has 2 aliphatic rings. The summed E-state index contributed by atoms with van der Waals surface area (Å²) in [5.41, 5.74) is 4.91. The van der Waals surface area contributed by atoms with Crippen LogP contribution in [0.2, 0.25) is 5.02 Å². The molecule has 3 unspecified atom stereocenters. The van der Waals surface area contributed by atoms with Crippen molar-refractivity contribution in [3.05, 3.63) is 87.7 Å². The average molecular weight is 451 g/mol. The number of esters is 1. The van der Waals surface area contributed by atoms with E-state index in [0.717, 1.165) is 22.5 Å². The molecule has 0 saturated heterocycles. The van der Waals surface area contributed by atoms with Crippen molar-refractivity contribution in [2.45, 2.75) is 25.2 Å². The summed E-state index contributed by atoms with van der Waals surface area (Å²) in [5, 5.41) is 3.98. The predicted octanol–water partition coefficient (Wildman–Crippen LogP) is 4.80. The Labute approximate surface area is 193 Å². The maximum Gasteiger partial charge on any atom is 0.336 e. The first-order chi connectivity index (χ1) is 15.3. The van der Waals surface area contributed by atoms with Gasteiger partial charge >= 0.3 is 5.97 Å². The molecule has 0 spiro atoms. The van der Waals surface area contributed by atoms with Crippen molar-refractivity contribution in [1.29, 1.82) is 0 Å². The van der Waals surface area contributed by atoms with Crippen LogP contribution < -0.4 is 10.2 Å². The van der Waals surface area contributed by atoms with Gasteiger partial charge in [-0.25, -0.2) is 4.79 Å². The SMILES string of the molecule is COC(=O)C1=C(C)NC2=CC(c3ccccc3Cl)CC(=O)C2C1c1ccc(N(C)C)cc1. The highest BCUT2D eigenvalue weighted by Crippen LogP contribution is 2.46. The van der Waals surface area contributed by atoms with E-state index in [1.807, 2.05) is 74.4 Å². The molecule has 6 heteroatoms. The Morgan fingerprint density at radius 3 is 2.41 bits per heavy atom. The Morgan fingerprint density at radius 2 is 1.78 bits per heavy atom. The molecule has 32 heavy (non-hydrogen) atoms. The number of Topliss-reactive ketones (excluding diaryl/α,β-unsaturated/α-hetero) is 1. The van der Waals surface area contributed by atoms with Gasteiger partial charge in [0.25, 0.3) is 0 Å². The number of nitrogens with zero attached hydrogens (tertiary/aromatic N) is 1. The first-order valence-electron chi connectivity index (χ1n) is 10.6. The second-order valence-corrected chi connectivity index (χ2v) is 8.92. The van der Waals surface area contributed by atoms with Crippen molar-refractivity contribution in [1.82, 2.24) is 5.32 Å². The minimum absolute atomic E-state index is 0.0792.